The fourth-order valence-corrected chi connectivity index (χ4v) is 5.24. The second kappa shape index (κ2) is 8.83. The molecule has 3 rings (SSSR count). The van der Waals surface area contributed by atoms with Gasteiger partial charge in [0.25, 0.3) is 0 Å². The van der Waals surface area contributed by atoms with Crippen molar-refractivity contribution in [2.75, 3.05) is 6.54 Å². The molecule has 3 amide bonds. The molecule has 2 unspecified atom stereocenters. The molecule has 0 aromatic carbocycles. The first-order valence-electron chi connectivity index (χ1n) is 11.3. The third-order valence-electron chi connectivity index (χ3n) is 7.45. The molecular formula is C22H38N4O4. The summed E-state index contributed by atoms with van der Waals surface area (Å²) in [6, 6.07) is -2.04. The first-order chi connectivity index (χ1) is 14.0. The maximum absolute atomic E-state index is 13.4. The summed E-state index contributed by atoms with van der Waals surface area (Å²) in [5.74, 6) is -0.586. The Bertz CT molecular complexity index is 673. The van der Waals surface area contributed by atoms with E-state index in [2.05, 4.69) is 5.32 Å². The normalized spacial score (nSPS) is 29.6. The number of fused-ring (bicyclic) bond motifs is 1. The summed E-state index contributed by atoms with van der Waals surface area (Å²) in [5, 5.41) is 13.2. The summed E-state index contributed by atoms with van der Waals surface area (Å²) < 4.78 is 0. The van der Waals surface area contributed by atoms with Crippen LogP contribution in [0.15, 0.2) is 0 Å². The van der Waals surface area contributed by atoms with Crippen molar-refractivity contribution in [3.05, 3.63) is 0 Å². The van der Waals surface area contributed by atoms with Gasteiger partial charge in [-0.05, 0) is 42.4 Å². The second-order valence-electron chi connectivity index (χ2n) is 10.6. The Morgan fingerprint density at radius 1 is 1.13 bits per heavy atom. The van der Waals surface area contributed by atoms with E-state index < -0.39 is 35.6 Å². The van der Waals surface area contributed by atoms with Crippen LogP contribution in [0.4, 0.5) is 0 Å². The number of rotatable bonds is 7. The number of hydrogen-bond acceptors (Lipinski definition) is 5. The molecule has 1 heterocycles. The summed E-state index contributed by atoms with van der Waals surface area (Å²) in [6.45, 7) is 6.29. The Morgan fingerprint density at radius 3 is 2.30 bits per heavy atom. The van der Waals surface area contributed by atoms with Crippen molar-refractivity contribution < 1.29 is 19.5 Å². The molecule has 3 aliphatic rings. The number of hydrogen-bond donors (Lipinski definition) is 4. The van der Waals surface area contributed by atoms with Gasteiger partial charge in [-0.2, -0.15) is 0 Å². The van der Waals surface area contributed by atoms with E-state index in [1.165, 1.54) is 0 Å². The van der Waals surface area contributed by atoms with Crippen LogP contribution in [0, 0.1) is 23.2 Å². The van der Waals surface area contributed by atoms with E-state index in [4.69, 9.17) is 11.5 Å². The number of amides is 3. The number of nitrogens with two attached hydrogens (primary N) is 2. The van der Waals surface area contributed by atoms with Gasteiger partial charge in [0.05, 0.1) is 12.1 Å². The van der Waals surface area contributed by atoms with E-state index in [0.29, 0.717) is 24.8 Å². The lowest BCUT2D eigenvalue weighted by atomic mass is 9.79. The molecule has 1 aliphatic heterocycles. The smallest absolute Gasteiger partial charge is 0.248 e. The largest absolute Gasteiger partial charge is 0.381 e. The van der Waals surface area contributed by atoms with Crippen molar-refractivity contribution in [2.24, 2.45) is 34.6 Å². The number of aliphatic hydroxyl groups is 1. The lowest BCUT2D eigenvalue weighted by molar-refractivity contribution is -0.143. The summed E-state index contributed by atoms with van der Waals surface area (Å²) in [6.07, 6.45) is 5.19. The zero-order valence-corrected chi connectivity index (χ0v) is 18.5. The average molecular weight is 423 g/mol. The summed E-state index contributed by atoms with van der Waals surface area (Å²) in [7, 11) is 0. The van der Waals surface area contributed by atoms with Crippen LogP contribution in [-0.2, 0) is 14.4 Å². The molecule has 1 saturated heterocycles. The van der Waals surface area contributed by atoms with Gasteiger partial charge in [-0.1, -0.05) is 46.5 Å². The third-order valence-corrected chi connectivity index (χ3v) is 7.45. The van der Waals surface area contributed by atoms with Crippen molar-refractivity contribution >= 4 is 17.7 Å². The molecule has 3 fully saturated rings. The lowest BCUT2D eigenvalue weighted by Crippen LogP contribution is -2.59. The molecule has 0 spiro atoms. The second-order valence-corrected chi connectivity index (χ2v) is 10.6. The molecule has 0 aromatic heterocycles. The van der Waals surface area contributed by atoms with Crippen molar-refractivity contribution in [1.82, 2.24) is 10.2 Å². The van der Waals surface area contributed by atoms with Gasteiger partial charge in [0, 0.05) is 6.54 Å². The van der Waals surface area contributed by atoms with Crippen LogP contribution < -0.4 is 16.8 Å². The summed E-state index contributed by atoms with van der Waals surface area (Å²) in [4.78, 5) is 39.9. The Balaban J connectivity index is 1.78. The van der Waals surface area contributed by atoms with Crippen LogP contribution in [0.25, 0.3) is 0 Å². The molecule has 170 valence electrons. The average Bonchev–Trinajstić information content (AvgIpc) is 3.21. The van der Waals surface area contributed by atoms with Gasteiger partial charge < -0.3 is 26.8 Å². The minimum absolute atomic E-state index is 0.0937. The standard InChI is InChI=1S/C22H38N4O4/c1-22(2,3)18(23)21(30)26-11-13-8-5-9-14(13)16(26)20(29)25-15(17(27)19(24)28)10-12-6-4-7-12/h12-18,27H,4-11,23H2,1-3H3,(H2,24,28)(H,25,29)/t13-,14-,15?,16-,17?,18+/m0/s1. The highest BCUT2D eigenvalue weighted by atomic mass is 16.3. The van der Waals surface area contributed by atoms with Crippen molar-refractivity contribution in [1.29, 1.82) is 0 Å². The fourth-order valence-electron chi connectivity index (χ4n) is 5.24. The molecular weight excluding hydrogens is 384 g/mol. The molecule has 0 bridgehead atoms. The Labute approximate surface area is 179 Å². The number of likely N-dealkylation sites (tertiary alicyclic amines) is 1. The van der Waals surface area contributed by atoms with Gasteiger partial charge in [0.15, 0.2) is 6.10 Å². The summed E-state index contributed by atoms with van der Waals surface area (Å²) >= 11 is 0. The van der Waals surface area contributed by atoms with Gasteiger partial charge in [-0.3, -0.25) is 14.4 Å². The zero-order chi connectivity index (χ0) is 22.2. The predicted octanol–water partition coefficient (Wildman–Crippen LogP) is 0.508. The highest BCUT2D eigenvalue weighted by Gasteiger charge is 2.51. The number of nitrogens with zero attached hydrogens (tertiary/aromatic N) is 1. The van der Waals surface area contributed by atoms with E-state index in [1.54, 1.807) is 4.90 Å². The molecule has 0 radical (unpaired) electrons. The third kappa shape index (κ3) is 4.64. The quantitative estimate of drug-likeness (QED) is 0.473. The fraction of sp³-hybridized carbons (Fsp3) is 0.864. The molecule has 6 N–H and O–H groups in total. The highest BCUT2D eigenvalue weighted by molar-refractivity contribution is 5.91. The number of aliphatic hydroxyl groups excluding tert-OH is 1. The highest BCUT2D eigenvalue weighted by Crippen LogP contribution is 2.43. The van der Waals surface area contributed by atoms with Crippen LogP contribution in [0.1, 0.15) is 65.7 Å². The molecule has 2 aliphatic carbocycles. The van der Waals surface area contributed by atoms with Crippen LogP contribution >= 0.6 is 0 Å². The topological polar surface area (TPSA) is 139 Å². The summed E-state index contributed by atoms with van der Waals surface area (Å²) in [5.41, 5.74) is 11.2. The van der Waals surface area contributed by atoms with E-state index in [-0.39, 0.29) is 17.7 Å². The van der Waals surface area contributed by atoms with Crippen LogP contribution in [0.5, 0.6) is 0 Å². The number of carbonyl (C=O) groups is 3. The van der Waals surface area contributed by atoms with Crippen LogP contribution in [0.2, 0.25) is 0 Å². The SMILES string of the molecule is CC(C)(C)[C@H](N)C(=O)N1C[C@@H]2CCC[C@@H]2[C@H]1C(=O)NC(CC1CCC1)C(O)C(N)=O. The van der Waals surface area contributed by atoms with Gasteiger partial charge >= 0.3 is 0 Å². The van der Waals surface area contributed by atoms with Crippen LogP contribution in [-0.4, -0.2) is 58.5 Å². The van der Waals surface area contributed by atoms with E-state index >= 15 is 0 Å². The van der Waals surface area contributed by atoms with Gasteiger partial charge in [-0.15, -0.1) is 0 Å². The van der Waals surface area contributed by atoms with Crippen molar-refractivity contribution in [2.45, 2.75) is 89.9 Å². The van der Waals surface area contributed by atoms with E-state index in [9.17, 15) is 19.5 Å². The van der Waals surface area contributed by atoms with Crippen molar-refractivity contribution in [3.8, 4) is 0 Å². The van der Waals surface area contributed by atoms with Gasteiger partial charge in [-0.25, -0.2) is 0 Å². The van der Waals surface area contributed by atoms with Gasteiger partial charge in [0.2, 0.25) is 17.7 Å². The number of primary amides is 1. The number of nitrogens with one attached hydrogen (secondary N) is 1. The lowest BCUT2D eigenvalue weighted by Gasteiger charge is -2.36. The maximum atomic E-state index is 13.4. The molecule has 8 nitrogen and oxygen atoms in total. The maximum Gasteiger partial charge on any atom is 0.248 e. The van der Waals surface area contributed by atoms with Gasteiger partial charge in [0.1, 0.15) is 6.04 Å². The number of carbonyl (C=O) groups excluding carboxylic acids is 3. The Kier molecular flexibility index (Phi) is 6.77. The molecule has 0 aromatic rings. The monoisotopic (exact) mass is 422 g/mol. The molecule has 30 heavy (non-hydrogen) atoms. The first kappa shape index (κ1) is 23.0. The Hall–Kier alpha value is -1.67. The molecule has 2 saturated carbocycles. The predicted molar refractivity (Wildman–Crippen MR) is 113 cm³/mol. The van der Waals surface area contributed by atoms with E-state index in [0.717, 1.165) is 38.5 Å². The Morgan fingerprint density at radius 2 is 1.77 bits per heavy atom. The zero-order valence-electron chi connectivity index (χ0n) is 18.5. The van der Waals surface area contributed by atoms with Crippen LogP contribution in [0.3, 0.4) is 0 Å². The minimum atomic E-state index is -1.43. The minimum Gasteiger partial charge on any atom is -0.381 e. The first-order valence-corrected chi connectivity index (χ1v) is 11.3. The van der Waals surface area contributed by atoms with E-state index in [1.807, 2.05) is 20.8 Å². The molecule has 6 atom stereocenters. The van der Waals surface area contributed by atoms with Crippen molar-refractivity contribution in [3.63, 3.8) is 0 Å². The molecule has 8 heteroatoms.